The summed E-state index contributed by atoms with van der Waals surface area (Å²) in [5.74, 6) is -3.10. The van der Waals surface area contributed by atoms with Crippen LogP contribution >= 0.6 is 0 Å². The summed E-state index contributed by atoms with van der Waals surface area (Å²) < 4.78 is 39.5. The van der Waals surface area contributed by atoms with Gasteiger partial charge in [-0.05, 0) is 25.1 Å². The number of benzene rings is 1. The second kappa shape index (κ2) is 6.19. The van der Waals surface area contributed by atoms with E-state index in [1.165, 1.54) is 25.9 Å². The smallest absolute Gasteiger partial charge is 0.338 e. The third-order valence-electron chi connectivity index (χ3n) is 2.62. The fourth-order valence-corrected chi connectivity index (χ4v) is 2.80. The Morgan fingerprint density at radius 3 is 2.38 bits per heavy atom. The van der Waals surface area contributed by atoms with Gasteiger partial charge in [-0.15, -0.1) is 0 Å². The third kappa shape index (κ3) is 3.99. The van der Waals surface area contributed by atoms with Crippen molar-refractivity contribution in [2.45, 2.75) is 17.9 Å². The number of carboxylic acid groups (broad SMARTS) is 1. The molecule has 0 aromatic heterocycles. The van der Waals surface area contributed by atoms with E-state index in [0.717, 1.165) is 12.1 Å². The predicted octanol–water partition coefficient (Wildman–Crippen LogP) is 0.279. The van der Waals surface area contributed by atoms with Crippen LogP contribution in [0.4, 0.5) is 4.39 Å². The predicted molar refractivity (Wildman–Crippen MR) is 71.8 cm³/mol. The van der Waals surface area contributed by atoms with Gasteiger partial charge in [-0.1, -0.05) is 0 Å². The van der Waals surface area contributed by atoms with Crippen LogP contribution in [0, 0.1) is 5.82 Å². The lowest BCUT2D eigenvalue weighted by Crippen LogP contribution is -2.44. The van der Waals surface area contributed by atoms with Crippen molar-refractivity contribution in [1.82, 2.24) is 9.62 Å². The van der Waals surface area contributed by atoms with Crippen LogP contribution in [0.25, 0.3) is 0 Å². The molecule has 9 heteroatoms. The average molecular weight is 318 g/mol. The normalized spacial score (nSPS) is 12.8. The fourth-order valence-electron chi connectivity index (χ4n) is 1.57. The van der Waals surface area contributed by atoms with E-state index in [4.69, 9.17) is 5.11 Å². The van der Waals surface area contributed by atoms with Gasteiger partial charge in [-0.25, -0.2) is 17.6 Å². The number of nitrogens with zero attached hydrogens (tertiary/aromatic N) is 1. The topological polar surface area (TPSA) is 104 Å². The maximum Gasteiger partial charge on any atom is 0.338 e. The summed E-state index contributed by atoms with van der Waals surface area (Å²) >= 11 is 0. The average Bonchev–Trinajstić information content (AvgIpc) is 2.36. The second-order valence-corrected chi connectivity index (χ2v) is 6.24. The van der Waals surface area contributed by atoms with Crippen LogP contribution < -0.4 is 4.72 Å². The number of likely N-dealkylation sites (N-methyl/N-ethyl adjacent to an activating group) is 1. The highest BCUT2D eigenvalue weighted by atomic mass is 32.2. The molecule has 2 N–H and O–H groups in total. The van der Waals surface area contributed by atoms with Gasteiger partial charge < -0.3 is 10.0 Å². The molecule has 116 valence electrons. The lowest BCUT2D eigenvalue weighted by molar-refractivity contribution is -0.130. The Morgan fingerprint density at radius 2 is 1.90 bits per heavy atom. The molecule has 7 nitrogen and oxygen atoms in total. The number of amides is 1. The number of aromatic carboxylic acids is 1. The van der Waals surface area contributed by atoms with Crippen LogP contribution in [-0.2, 0) is 14.8 Å². The molecule has 1 rings (SSSR count). The Bertz CT molecular complexity index is 672. The third-order valence-corrected chi connectivity index (χ3v) is 4.16. The first-order valence-electron chi connectivity index (χ1n) is 5.82. The fraction of sp³-hybridized carbons (Fsp3) is 0.333. The van der Waals surface area contributed by atoms with Gasteiger partial charge in [0, 0.05) is 14.1 Å². The molecule has 0 bridgehead atoms. The van der Waals surface area contributed by atoms with E-state index in [9.17, 15) is 22.4 Å². The molecule has 1 unspecified atom stereocenters. The van der Waals surface area contributed by atoms with Gasteiger partial charge >= 0.3 is 5.97 Å². The van der Waals surface area contributed by atoms with E-state index in [2.05, 4.69) is 4.72 Å². The molecular formula is C12H15FN2O5S. The summed E-state index contributed by atoms with van der Waals surface area (Å²) in [4.78, 5) is 23.2. The first-order valence-corrected chi connectivity index (χ1v) is 7.31. The van der Waals surface area contributed by atoms with Crippen LogP contribution in [0.15, 0.2) is 23.1 Å². The molecule has 1 amide bonds. The summed E-state index contributed by atoms with van der Waals surface area (Å²) in [7, 11) is -1.21. The van der Waals surface area contributed by atoms with Gasteiger partial charge in [0.15, 0.2) is 0 Å². The van der Waals surface area contributed by atoms with E-state index in [0.29, 0.717) is 6.07 Å². The number of hydrogen-bond donors (Lipinski definition) is 2. The zero-order chi connectivity index (χ0) is 16.4. The Balaban J connectivity index is 3.12. The number of carbonyl (C=O) groups excluding carboxylic acids is 1. The number of hydrogen-bond acceptors (Lipinski definition) is 4. The zero-order valence-corrected chi connectivity index (χ0v) is 12.4. The molecule has 1 aromatic carbocycles. The number of sulfonamides is 1. The van der Waals surface area contributed by atoms with Crippen LogP contribution in [0.3, 0.4) is 0 Å². The van der Waals surface area contributed by atoms with E-state index in [1.807, 2.05) is 0 Å². The Labute approximate surface area is 121 Å². The van der Waals surface area contributed by atoms with Crippen LogP contribution in [-0.4, -0.2) is 50.4 Å². The highest BCUT2D eigenvalue weighted by Crippen LogP contribution is 2.15. The van der Waals surface area contributed by atoms with Crippen molar-refractivity contribution >= 4 is 21.9 Å². The van der Waals surface area contributed by atoms with Crippen molar-refractivity contribution in [2.24, 2.45) is 0 Å². The molecule has 0 aliphatic carbocycles. The van der Waals surface area contributed by atoms with Crippen LogP contribution in [0.2, 0.25) is 0 Å². The Hall–Kier alpha value is -2.00. The SMILES string of the molecule is CC(NS(=O)(=O)c1ccc(F)c(C(=O)O)c1)C(=O)N(C)C. The maximum absolute atomic E-state index is 13.2. The monoisotopic (exact) mass is 318 g/mol. The Morgan fingerprint density at radius 1 is 1.33 bits per heavy atom. The van der Waals surface area contributed by atoms with Gasteiger partial charge in [0.1, 0.15) is 5.82 Å². The molecule has 0 saturated carbocycles. The van der Waals surface area contributed by atoms with Crippen molar-refractivity contribution in [3.8, 4) is 0 Å². The summed E-state index contributed by atoms with van der Waals surface area (Å²) in [6.07, 6.45) is 0. The zero-order valence-electron chi connectivity index (χ0n) is 11.6. The Kier molecular flexibility index (Phi) is 5.02. The molecule has 0 aliphatic heterocycles. The van der Waals surface area contributed by atoms with Crippen LogP contribution in [0.1, 0.15) is 17.3 Å². The standard InChI is InChI=1S/C12H15FN2O5S/c1-7(11(16)15(2)3)14-21(19,20)8-4-5-10(13)9(6-8)12(17)18/h4-7,14H,1-3H3,(H,17,18). The summed E-state index contributed by atoms with van der Waals surface area (Å²) in [6.45, 7) is 1.35. The van der Waals surface area contributed by atoms with Crippen molar-refractivity contribution < 1.29 is 27.5 Å². The summed E-state index contributed by atoms with van der Waals surface area (Å²) in [5.41, 5.74) is -0.760. The molecule has 0 spiro atoms. The van der Waals surface area contributed by atoms with Gasteiger partial charge in [0.25, 0.3) is 0 Å². The van der Waals surface area contributed by atoms with Crippen molar-refractivity contribution in [3.63, 3.8) is 0 Å². The minimum Gasteiger partial charge on any atom is -0.478 e. The van der Waals surface area contributed by atoms with Crippen molar-refractivity contribution in [3.05, 3.63) is 29.6 Å². The van der Waals surface area contributed by atoms with Gasteiger partial charge in [-0.2, -0.15) is 4.72 Å². The summed E-state index contributed by atoms with van der Waals surface area (Å²) in [5, 5.41) is 8.78. The number of rotatable bonds is 5. The minimum absolute atomic E-state index is 0.431. The van der Waals surface area contributed by atoms with Gasteiger partial charge in [0.2, 0.25) is 15.9 Å². The number of halogens is 1. The molecule has 0 radical (unpaired) electrons. The summed E-state index contributed by atoms with van der Waals surface area (Å²) in [6, 6.07) is 1.34. The first kappa shape index (κ1) is 17.1. The quantitative estimate of drug-likeness (QED) is 0.811. The van der Waals surface area contributed by atoms with E-state index >= 15 is 0 Å². The van der Waals surface area contributed by atoms with E-state index < -0.39 is 44.2 Å². The molecule has 0 aliphatic rings. The molecule has 1 aromatic rings. The van der Waals surface area contributed by atoms with E-state index in [1.54, 1.807) is 0 Å². The molecule has 0 heterocycles. The number of carbonyl (C=O) groups is 2. The van der Waals surface area contributed by atoms with Crippen molar-refractivity contribution in [2.75, 3.05) is 14.1 Å². The van der Waals surface area contributed by atoms with Crippen molar-refractivity contribution in [1.29, 1.82) is 0 Å². The molecule has 1 atom stereocenters. The number of nitrogens with one attached hydrogen (secondary N) is 1. The lowest BCUT2D eigenvalue weighted by Gasteiger charge is -2.18. The highest BCUT2D eigenvalue weighted by molar-refractivity contribution is 7.89. The second-order valence-electron chi connectivity index (χ2n) is 4.52. The maximum atomic E-state index is 13.2. The molecular weight excluding hydrogens is 303 g/mol. The largest absolute Gasteiger partial charge is 0.478 e. The minimum atomic E-state index is -4.14. The number of carboxylic acids is 1. The van der Waals surface area contributed by atoms with Gasteiger partial charge in [0.05, 0.1) is 16.5 Å². The molecule has 0 saturated heterocycles. The van der Waals surface area contributed by atoms with Crippen LogP contribution in [0.5, 0.6) is 0 Å². The van der Waals surface area contributed by atoms with E-state index in [-0.39, 0.29) is 0 Å². The van der Waals surface area contributed by atoms with Gasteiger partial charge in [-0.3, -0.25) is 4.79 Å². The lowest BCUT2D eigenvalue weighted by atomic mass is 10.2. The first-order chi connectivity index (χ1) is 9.56. The molecule has 0 fully saturated rings. The molecule has 21 heavy (non-hydrogen) atoms. The highest BCUT2D eigenvalue weighted by Gasteiger charge is 2.24.